The summed E-state index contributed by atoms with van der Waals surface area (Å²) in [6, 6.07) is 7.71. The summed E-state index contributed by atoms with van der Waals surface area (Å²) in [4.78, 5) is 12.4. The minimum atomic E-state index is -0.0349. The van der Waals surface area contributed by atoms with Gasteiger partial charge in [-0.15, -0.1) is 0 Å². The zero-order chi connectivity index (χ0) is 19.3. The van der Waals surface area contributed by atoms with E-state index >= 15 is 0 Å². The Kier molecular flexibility index (Phi) is 6.91. The minimum absolute atomic E-state index is 0.0349. The molecule has 0 unspecified atom stereocenters. The Labute approximate surface area is 162 Å². The third-order valence-electron chi connectivity index (χ3n) is 4.13. The number of ether oxygens (including phenoxy) is 3. The van der Waals surface area contributed by atoms with Crippen LogP contribution in [0.25, 0.3) is 0 Å². The Morgan fingerprint density at radius 2 is 1.50 bits per heavy atom. The Hall–Kier alpha value is -2.21. The Balaban J connectivity index is 2.10. The number of halogens is 1. The van der Waals surface area contributed by atoms with Gasteiger partial charge in [0.1, 0.15) is 0 Å². The molecule has 0 saturated carbocycles. The number of amides is 1. The molecular formula is C20H24BrNO4. The second-order valence-corrected chi connectivity index (χ2v) is 6.91. The van der Waals surface area contributed by atoms with Crippen LogP contribution in [0.2, 0.25) is 0 Å². The molecular weight excluding hydrogens is 398 g/mol. The largest absolute Gasteiger partial charge is 0.493 e. The molecule has 140 valence electrons. The van der Waals surface area contributed by atoms with Crippen molar-refractivity contribution in [2.24, 2.45) is 0 Å². The number of hydrogen-bond acceptors (Lipinski definition) is 4. The fourth-order valence-electron chi connectivity index (χ4n) is 2.85. The summed E-state index contributed by atoms with van der Waals surface area (Å²) in [5, 5.41) is 3.01. The van der Waals surface area contributed by atoms with E-state index in [1.165, 1.54) is 0 Å². The van der Waals surface area contributed by atoms with Crippen LogP contribution in [0, 0.1) is 13.8 Å². The van der Waals surface area contributed by atoms with Crippen molar-refractivity contribution in [3.05, 3.63) is 45.4 Å². The topological polar surface area (TPSA) is 56.8 Å². The summed E-state index contributed by atoms with van der Waals surface area (Å²) < 4.78 is 17.0. The van der Waals surface area contributed by atoms with Crippen molar-refractivity contribution in [1.29, 1.82) is 0 Å². The first-order valence-corrected chi connectivity index (χ1v) is 9.04. The van der Waals surface area contributed by atoms with Gasteiger partial charge in [0, 0.05) is 16.6 Å². The van der Waals surface area contributed by atoms with Gasteiger partial charge in [-0.1, -0.05) is 15.9 Å². The lowest BCUT2D eigenvalue weighted by atomic mass is 10.1. The lowest BCUT2D eigenvalue weighted by molar-refractivity contribution is -0.116. The molecule has 0 fully saturated rings. The Morgan fingerprint density at radius 1 is 0.962 bits per heavy atom. The van der Waals surface area contributed by atoms with Gasteiger partial charge in [0.25, 0.3) is 0 Å². The zero-order valence-corrected chi connectivity index (χ0v) is 17.3. The number of nitrogens with one attached hydrogen (secondary N) is 1. The number of anilines is 1. The predicted molar refractivity (Wildman–Crippen MR) is 107 cm³/mol. The van der Waals surface area contributed by atoms with Crippen LogP contribution in [-0.2, 0) is 11.2 Å². The molecule has 0 aliphatic rings. The molecule has 0 radical (unpaired) electrons. The number of rotatable bonds is 7. The van der Waals surface area contributed by atoms with Crippen LogP contribution in [0.5, 0.6) is 17.2 Å². The number of carbonyl (C=O) groups is 1. The second kappa shape index (κ2) is 8.94. The van der Waals surface area contributed by atoms with Crippen LogP contribution in [0.1, 0.15) is 23.1 Å². The van der Waals surface area contributed by atoms with Crippen LogP contribution >= 0.6 is 15.9 Å². The third-order valence-corrected chi connectivity index (χ3v) is 4.58. The number of aryl methyl sites for hydroxylation is 3. The normalized spacial score (nSPS) is 10.4. The van der Waals surface area contributed by atoms with Crippen molar-refractivity contribution in [2.75, 3.05) is 26.6 Å². The third kappa shape index (κ3) is 4.69. The van der Waals surface area contributed by atoms with Crippen molar-refractivity contribution >= 4 is 27.5 Å². The highest BCUT2D eigenvalue weighted by molar-refractivity contribution is 9.10. The van der Waals surface area contributed by atoms with Gasteiger partial charge in [0.15, 0.2) is 11.5 Å². The van der Waals surface area contributed by atoms with E-state index in [9.17, 15) is 4.79 Å². The van der Waals surface area contributed by atoms with Crippen molar-refractivity contribution in [1.82, 2.24) is 0 Å². The smallest absolute Gasteiger partial charge is 0.224 e. The molecule has 0 aliphatic heterocycles. The average molecular weight is 422 g/mol. The fraction of sp³-hybridized carbons (Fsp3) is 0.350. The number of carbonyl (C=O) groups excluding carboxylic acids is 1. The zero-order valence-electron chi connectivity index (χ0n) is 15.7. The van der Waals surface area contributed by atoms with Gasteiger partial charge in [0.05, 0.1) is 21.3 Å². The summed E-state index contributed by atoms with van der Waals surface area (Å²) in [6.07, 6.45) is 0.921. The van der Waals surface area contributed by atoms with E-state index in [1.807, 2.05) is 38.1 Å². The van der Waals surface area contributed by atoms with Crippen molar-refractivity contribution < 1.29 is 19.0 Å². The standard InChI is InChI=1S/C20H24BrNO4/c1-12-8-15(21)9-13(2)19(12)22-18(23)7-6-14-10-16(24-3)20(26-5)17(11-14)25-4/h8-11H,6-7H2,1-5H3,(H,22,23). The molecule has 26 heavy (non-hydrogen) atoms. The molecule has 0 heterocycles. The van der Waals surface area contributed by atoms with Crippen molar-refractivity contribution in [2.45, 2.75) is 26.7 Å². The van der Waals surface area contributed by atoms with Crippen LogP contribution in [0.15, 0.2) is 28.7 Å². The lowest BCUT2D eigenvalue weighted by Crippen LogP contribution is -2.14. The highest BCUT2D eigenvalue weighted by Gasteiger charge is 2.14. The molecule has 0 saturated heterocycles. The van der Waals surface area contributed by atoms with Crippen LogP contribution in [0.4, 0.5) is 5.69 Å². The highest BCUT2D eigenvalue weighted by Crippen LogP contribution is 2.38. The molecule has 0 aliphatic carbocycles. The maximum atomic E-state index is 12.4. The van der Waals surface area contributed by atoms with Gasteiger partial charge in [-0.2, -0.15) is 0 Å². The first-order valence-electron chi connectivity index (χ1n) is 8.25. The molecule has 2 aromatic carbocycles. The van der Waals surface area contributed by atoms with Crippen LogP contribution < -0.4 is 19.5 Å². The maximum Gasteiger partial charge on any atom is 0.224 e. The SMILES string of the molecule is COc1cc(CCC(=O)Nc2c(C)cc(Br)cc2C)cc(OC)c1OC. The molecule has 0 spiro atoms. The van der Waals surface area contributed by atoms with Gasteiger partial charge in [-0.3, -0.25) is 4.79 Å². The van der Waals surface area contributed by atoms with Gasteiger partial charge in [0.2, 0.25) is 11.7 Å². The molecule has 0 aromatic heterocycles. The molecule has 5 nitrogen and oxygen atoms in total. The van der Waals surface area contributed by atoms with E-state index < -0.39 is 0 Å². The summed E-state index contributed by atoms with van der Waals surface area (Å²) in [6.45, 7) is 3.96. The minimum Gasteiger partial charge on any atom is -0.493 e. The van der Waals surface area contributed by atoms with Crippen molar-refractivity contribution in [3.63, 3.8) is 0 Å². The quantitative estimate of drug-likeness (QED) is 0.705. The highest BCUT2D eigenvalue weighted by atomic mass is 79.9. The first kappa shape index (κ1) is 20.1. The molecule has 0 bridgehead atoms. The van der Waals surface area contributed by atoms with Crippen LogP contribution in [-0.4, -0.2) is 27.2 Å². The molecule has 1 amide bonds. The molecule has 0 atom stereocenters. The van der Waals surface area contributed by atoms with Crippen LogP contribution in [0.3, 0.4) is 0 Å². The fourth-order valence-corrected chi connectivity index (χ4v) is 3.53. The van der Waals surface area contributed by atoms with Gasteiger partial charge in [-0.25, -0.2) is 0 Å². The van der Waals surface area contributed by atoms with E-state index in [0.717, 1.165) is 26.9 Å². The summed E-state index contributed by atoms with van der Waals surface area (Å²) in [5.41, 5.74) is 3.86. The van der Waals surface area contributed by atoms with Crippen molar-refractivity contribution in [3.8, 4) is 17.2 Å². The van der Waals surface area contributed by atoms with Gasteiger partial charge < -0.3 is 19.5 Å². The predicted octanol–water partition coefficient (Wildman–Crippen LogP) is 4.66. The Morgan fingerprint density at radius 3 is 1.96 bits per heavy atom. The molecule has 2 rings (SSSR count). The number of benzene rings is 2. The monoisotopic (exact) mass is 421 g/mol. The number of hydrogen-bond donors (Lipinski definition) is 1. The molecule has 1 N–H and O–H groups in total. The second-order valence-electron chi connectivity index (χ2n) is 6.00. The summed E-state index contributed by atoms with van der Waals surface area (Å²) in [5.74, 6) is 1.68. The van der Waals surface area contributed by atoms with E-state index in [4.69, 9.17) is 14.2 Å². The maximum absolute atomic E-state index is 12.4. The Bertz CT molecular complexity index is 756. The first-order chi connectivity index (χ1) is 12.4. The van der Waals surface area contributed by atoms with E-state index in [1.54, 1.807) is 21.3 Å². The number of methoxy groups -OCH3 is 3. The summed E-state index contributed by atoms with van der Waals surface area (Å²) >= 11 is 3.47. The lowest BCUT2D eigenvalue weighted by Gasteiger charge is -2.15. The molecule has 6 heteroatoms. The van der Waals surface area contributed by atoms with E-state index in [2.05, 4.69) is 21.2 Å². The van der Waals surface area contributed by atoms with E-state index in [0.29, 0.717) is 30.1 Å². The molecule has 2 aromatic rings. The van der Waals surface area contributed by atoms with Gasteiger partial charge >= 0.3 is 0 Å². The van der Waals surface area contributed by atoms with E-state index in [-0.39, 0.29) is 5.91 Å². The average Bonchev–Trinajstić information content (AvgIpc) is 2.61. The van der Waals surface area contributed by atoms with Gasteiger partial charge in [-0.05, 0) is 61.2 Å². The summed E-state index contributed by atoms with van der Waals surface area (Å²) in [7, 11) is 4.72.